The number of anilines is 1. The van der Waals surface area contributed by atoms with Gasteiger partial charge in [-0.15, -0.1) is 0 Å². The first-order valence-corrected chi connectivity index (χ1v) is 8.34. The molecule has 25 heavy (non-hydrogen) atoms. The van der Waals surface area contributed by atoms with E-state index >= 15 is 0 Å². The maximum absolute atomic E-state index is 12.2. The van der Waals surface area contributed by atoms with E-state index < -0.39 is 5.60 Å². The van der Waals surface area contributed by atoms with Gasteiger partial charge >= 0.3 is 6.09 Å². The lowest BCUT2D eigenvalue weighted by Crippen LogP contribution is -2.33. The molecule has 0 aliphatic carbocycles. The fourth-order valence-corrected chi connectivity index (χ4v) is 2.64. The van der Waals surface area contributed by atoms with E-state index in [0.29, 0.717) is 13.1 Å². The SMILES string of the molecule is CC(C)(C)OC(=O)N1Cc2ccc(C=NNc3ccccc3)cc2C1. The third-order valence-corrected chi connectivity index (χ3v) is 3.79. The van der Waals surface area contributed by atoms with Gasteiger partial charge in [-0.1, -0.05) is 30.3 Å². The number of fused-ring (bicyclic) bond motifs is 1. The van der Waals surface area contributed by atoms with Crippen molar-refractivity contribution >= 4 is 18.0 Å². The number of hydrogen-bond acceptors (Lipinski definition) is 4. The Morgan fingerprint density at radius 3 is 2.56 bits per heavy atom. The maximum Gasteiger partial charge on any atom is 0.410 e. The monoisotopic (exact) mass is 337 g/mol. The molecular formula is C20H23N3O2. The zero-order valence-corrected chi connectivity index (χ0v) is 14.8. The second-order valence-electron chi connectivity index (χ2n) is 7.10. The van der Waals surface area contributed by atoms with Crippen molar-refractivity contribution in [1.82, 2.24) is 4.90 Å². The van der Waals surface area contributed by atoms with Gasteiger partial charge in [0.25, 0.3) is 0 Å². The summed E-state index contributed by atoms with van der Waals surface area (Å²) in [5.74, 6) is 0. The Labute approximate surface area is 148 Å². The molecule has 1 aliphatic rings. The molecule has 1 aliphatic heterocycles. The Morgan fingerprint density at radius 1 is 1.12 bits per heavy atom. The van der Waals surface area contributed by atoms with Crippen LogP contribution in [0.1, 0.15) is 37.5 Å². The van der Waals surface area contributed by atoms with E-state index in [1.807, 2.05) is 63.2 Å². The third-order valence-electron chi connectivity index (χ3n) is 3.79. The summed E-state index contributed by atoms with van der Waals surface area (Å²) >= 11 is 0. The van der Waals surface area contributed by atoms with Gasteiger partial charge in [0.15, 0.2) is 0 Å². The molecule has 5 nitrogen and oxygen atoms in total. The summed E-state index contributed by atoms with van der Waals surface area (Å²) < 4.78 is 5.45. The van der Waals surface area contributed by atoms with Crippen LogP contribution in [0.15, 0.2) is 53.6 Å². The second-order valence-corrected chi connectivity index (χ2v) is 7.10. The second kappa shape index (κ2) is 6.97. The zero-order chi connectivity index (χ0) is 17.9. The standard InChI is InChI=1S/C20H23N3O2/c1-20(2,3)25-19(24)23-13-16-10-9-15(11-17(16)14-23)12-21-22-18-7-5-4-6-8-18/h4-12,22H,13-14H2,1-3H3. The number of benzene rings is 2. The summed E-state index contributed by atoms with van der Waals surface area (Å²) in [7, 11) is 0. The van der Waals surface area contributed by atoms with Gasteiger partial charge in [-0.3, -0.25) is 10.3 Å². The number of ether oxygens (including phenoxy) is 1. The van der Waals surface area contributed by atoms with Gasteiger partial charge in [-0.05, 0) is 55.7 Å². The van der Waals surface area contributed by atoms with Crippen molar-refractivity contribution in [2.24, 2.45) is 5.10 Å². The highest BCUT2D eigenvalue weighted by molar-refractivity contribution is 5.81. The van der Waals surface area contributed by atoms with E-state index in [2.05, 4.69) is 16.6 Å². The molecule has 0 atom stereocenters. The molecule has 2 aromatic carbocycles. The summed E-state index contributed by atoms with van der Waals surface area (Å²) in [6.07, 6.45) is 1.51. The van der Waals surface area contributed by atoms with Gasteiger partial charge in [0.05, 0.1) is 11.9 Å². The molecule has 130 valence electrons. The van der Waals surface area contributed by atoms with Crippen LogP contribution in [0.2, 0.25) is 0 Å². The maximum atomic E-state index is 12.2. The lowest BCUT2D eigenvalue weighted by molar-refractivity contribution is 0.0242. The fraction of sp³-hybridized carbons (Fsp3) is 0.300. The minimum Gasteiger partial charge on any atom is -0.444 e. The van der Waals surface area contributed by atoms with Crippen LogP contribution in [-0.4, -0.2) is 22.8 Å². The van der Waals surface area contributed by atoms with Gasteiger partial charge in [0.2, 0.25) is 0 Å². The van der Waals surface area contributed by atoms with Gasteiger partial charge in [0, 0.05) is 13.1 Å². The van der Waals surface area contributed by atoms with E-state index in [0.717, 1.165) is 22.4 Å². The summed E-state index contributed by atoms with van der Waals surface area (Å²) in [6.45, 7) is 6.79. The number of amides is 1. The molecule has 3 rings (SSSR count). The highest BCUT2D eigenvalue weighted by atomic mass is 16.6. The molecule has 1 heterocycles. The summed E-state index contributed by atoms with van der Waals surface area (Å²) in [5.41, 5.74) is 6.74. The van der Waals surface area contributed by atoms with Gasteiger partial charge < -0.3 is 4.74 Å². The minimum atomic E-state index is -0.479. The Morgan fingerprint density at radius 2 is 1.84 bits per heavy atom. The van der Waals surface area contributed by atoms with Crippen LogP contribution in [0, 0.1) is 0 Å². The lowest BCUT2D eigenvalue weighted by atomic mass is 10.1. The first-order valence-electron chi connectivity index (χ1n) is 8.34. The highest BCUT2D eigenvalue weighted by Crippen LogP contribution is 2.25. The number of hydrazone groups is 1. The number of rotatable bonds is 3. The van der Waals surface area contributed by atoms with Crippen LogP contribution in [0.3, 0.4) is 0 Å². The van der Waals surface area contributed by atoms with Crippen LogP contribution in [0.25, 0.3) is 0 Å². The molecule has 2 aromatic rings. The van der Waals surface area contributed by atoms with E-state index in [4.69, 9.17) is 4.74 Å². The number of nitrogens with one attached hydrogen (secondary N) is 1. The number of para-hydroxylation sites is 1. The van der Waals surface area contributed by atoms with Crippen molar-refractivity contribution in [2.75, 3.05) is 5.43 Å². The Kier molecular flexibility index (Phi) is 4.74. The zero-order valence-electron chi connectivity index (χ0n) is 14.8. The molecule has 1 amide bonds. The van der Waals surface area contributed by atoms with Crippen LogP contribution in [0.5, 0.6) is 0 Å². The average molecular weight is 337 g/mol. The molecule has 1 N–H and O–H groups in total. The molecule has 0 unspecified atom stereocenters. The van der Waals surface area contributed by atoms with Crippen molar-refractivity contribution < 1.29 is 9.53 Å². The molecule has 0 saturated heterocycles. The molecule has 0 saturated carbocycles. The van der Waals surface area contributed by atoms with Gasteiger partial charge in [-0.2, -0.15) is 5.10 Å². The van der Waals surface area contributed by atoms with Crippen molar-refractivity contribution in [3.63, 3.8) is 0 Å². The normalized spacial score (nSPS) is 13.8. The third kappa shape index (κ3) is 4.59. The Bertz CT molecular complexity index is 779. The first-order chi connectivity index (χ1) is 11.9. The smallest absolute Gasteiger partial charge is 0.410 e. The summed E-state index contributed by atoms with van der Waals surface area (Å²) in [5, 5.41) is 4.26. The van der Waals surface area contributed by atoms with Crippen LogP contribution < -0.4 is 5.43 Å². The van der Waals surface area contributed by atoms with Crippen molar-refractivity contribution in [3.8, 4) is 0 Å². The largest absolute Gasteiger partial charge is 0.444 e. The number of carbonyl (C=O) groups excluding carboxylic acids is 1. The molecule has 0 bridgehead atoms. The van der Waals surface area contributed by atoms with E-state index in [1.54, 1.807) is 11.1 Å². The topological polar surface area (TPSA) is 53.9 Å². The van der Waals surface area contributed by atoms with Crippen molar-refractivity contribution in [2.45, 2.75) is 39.5 Å². The predicted molar refractivity (Wildman–Crippen MR) is 99.6 cm³/mol. The number of nitrogens with zero attached hydrogens (tertiary/aromatic N) is 2. The van der Waals surface area contributed by atoms with E-state index in [-0.39, 0.29) is 6.09 Å². The van der Waals surface area contributed by atoms with Crippen LogP contribution >= 0.6 is 0 Å². The molecule has 0 spiro atoms. The molecule has 0 aromatic heterocycles. The van der Waals surface area contributed by atoms with E-state index in [9.17, 15) is 4.79 Å². The molecular weight excluding hydrogens is 314 g/mol. The number of hydrogen-bond donors (Lipinski definition) is 1. The minimum absolute atomic E-state index is 0.273. The van der Waals surface area contributed by atoms with E-state index in [1.165, 1.54) is 0 Å². The Balaban J connectivity index is 1.63. The summed E-state index contributed by atoms with van der Waals surface area (Å²) in [6, 6.07) is 15.9. The fourth-order valence-electron chi connectivity index (χ4n) is 2.64. The lowest BCUT2D eigenvalue weighted by Gasteiger charge is -2.24. The average Bonchev–Trinajstić information content (AvgIpc) is 2.98. The van der Waals surface area contributed by atoms with Gasteiger partial charge in [-0.25, -0.2) is 4.79 Å². The summed E-state index contributed by atoms with van der Waals surface area (Å²) in [4.78, 5) is 13.9. The predicted octanol–water partition coefficient (Wildman–Crippen LogP) is 4.38. The molecule has 0 fully saturated rings. The van der Waals surface area contributed by atoms with Gasteiger partial charge in [0.1, 0.15) is 5.60 Å². The highest BCUT2D eigenvalue weighted by Gasteiger charge is 2.27. The number of carbonyl (C=O) groups is 1. The molecule has 0 radical (unpaired) electrons. The Hall–Kier alpha value is -2.82. The van der Waals surface area contributed by atoms with Crippen molar-refractivity contribution in [1.29, 1.82) is 0 Å². The first kappa shape index (κ1) is 17.0. The van der Waals surface area contributed by atoms with Crippen LogP contribution in [0.4, 0.5) is 10.5 Å². The van der Waals surface area contributed by atoms with Crippen molar-refractivity contribution in [3.05, 3.63) is 65.2 Å². The quantitative estimate of drug-likeness (QED) is 0.668. The molecule has 5 heteroatoms. The van der Waals surface area contributed by atoms with Crippen LogP contribution in [-0.2, 0) is 17.8 Å².